The topological polar surface area (TPSA) is 104 Å². The fraction of sp³-hybridized carbons (Fsp3) is 0.522. The molecular formula is C23H35N5O3. The third kappa shape index (κ3) is 6.55. The highest BCUT2D eigenvalue weighted by molar-refractivity contribution is 5.96. The van der Waals surface area contributed by atoms with E-state index < -0.39 is 11.2 Å². The van der Waals surface area contributed by atoms with E-state index in [1.807, 2.05) is 44.2 Å². The molecule has 1 aromatic heterocycles. The second-order valence-corrected chi connectivity index (χ2v) is 7.74. The normalized spacial score (nSPS) is 11.1. The number of nitrogen functional groups attached to an aromatic ring is 1. The molecule has 2 rings (SSSR count). The first-order valence-electron chi connectivity index (χ1n) is 11.1. The number of carbonyl (C=O) groups excluding carboxylic acids is 1. The summed E-state index contributed by atoms with van der Waals surface area (Å²) in [5.74, 6) is -0.151. The average molecular weight is 430 g/mol. The number of nitrogens with one attached hydrogen (secondary N) is 1. The number of nitrogens with two attached hydrogens (primary N) is 1. The lowest BCUT2D eigenvalue weighted by Crippen LogP contribution is -2.45. The minimum Gasteiger partial charge on any atom is -0.383 e. The number of rotatable bonds is 12. The molecule has 8 heteroatoms. The zero-order valence-electron chi connectivity index (χ0n) is 18.9. The highest BCUT2D eigenvalue weighted by atomic mass is 16.2. The molecule has 0 aliphatic carbocycles. The van der Waals surface area contributed by atoms with Crippen LogP contribution in [0, 0.1) is 0 Å². The summed E-state index contributed by atoms with van der Waals surface area (Å²) in [5, 5.41) is 0. The molecule has 31 heavy (non-hydrogen) atoms. The molecule has 0 radical (unpaired) electrons. The summed E-state index contributed by atoms with van der Waals surface area (Å²) >= 11 is 0. The lowest BCUT2D eigenvalue weighted by Gasteiger charge is -2.28. The van der Waals surface area contributed by atoms with Crippen molar-refractivity contribution >= 4 is 17.4 Å². The SMILES string of the molecule is CCCCN(C(=O)CN(CCC)Cc1ccccc1)c1c(N)n(CCC)c(=O)[nH]c1=O. The molecule has 1 amide bonds. The molecule has 0 unspecified atom stereocenters. The highest BCUT2D eigenvalue weighted by Crippen LogP contribution is 2.19. The maximum absolute atomic E-state index is 13.4. The molecule has 8 nitrogen and oxygen atoms in total. The van der Waals surface area contributed by atoms with Gasteiger partial charge in [0.2, 0.25) is 5.91 Å². The number of hydrogen-bond acceptors (Lipinski definition) is 5. The van der Waals surface area contributed by atoms with Crippen molar-refractivity contribution in [3.8, 4) is 0 Å². The summed E-state index contributed by atoms with van der Waals surface area (Å²) in [4.78, 5) is 44.1. The molecule has 0 aliphatic heterocycles. The predicted molar refractivity (Wildman–Crippen MR) is 125 cm³/mol. The molecule has 0 aliphatic rings. The van der Waals surface area contributed by atoms with Crippen LogP contribution < -0.4 is 21.9 Å². The molecule has 0 atom stereocenters. The Kier molecular flexibility index (Phi) is 9.52. The van der Waals surface area contributed by atoms with E-state index in [-0.39, 0.29) is 24.0 Å². The Morgan fingerprint density at radius 3 is 2.35 bits per heavy atom. The summed E-state index contributed by atoms with van der Waals surface area (Å²) in [6.45, 7) is 8.32. The third-order valence-corrected chi connectivity index (χ3v) is 5.12. The molecular weight excluding hydrogens is 394 g/mol. The summed E-state index contributed by atoms with van der Waals surface area (Å²) in [6, 6.07) is 9.99. The number of hydrogen-bond donors (Lipinski definition) is 2. The van der Waals surface area contributed by atoms with Crippen LogP contribution in [0.5, 0.6) is 0 Å². The average Bonchev–Trinajstić information content (AvgIpc) is 2.74. The fourth-order valence-electron chi connectivity index (χ4n) is 3.61. The van der Waals surface area contributed by atoms with Gasteiger partial charge >= 0.3 is 5.69 Å². The monoisotopic (exact) mass is 429 g/mol. The van der Waals surface area contributed by atoms with Crippen molar-refractivity contribution < 1.29 is 4.79 Å². The van der Waals surface area contributed by atoms with E-state index in [9.17, 15) is 14.4 Å². The smallest absolute Gasteiger partial charge is 0.330 e. The maximum atomic E-state index is 13.4. The van der Waals surface area contributed by atoms with Crippen molar-refractivity contribution in [2.24, 2.45) is 0 Å². The fourth-order valence-corrected chi connectivity index (χ4v) is 3.61. The van der Waals surface area contributed by atoms with Gasteiger partial charge in [-0.05, 0) is 31.4 Å². The van der Waals surface area contributed by atoms with Crippen LogP contribution in [0.1, 0.15) is 52.0 Å². The van der Waals surface area contributed by atoms with Crippen molar-refractivity contribution in [3.05, 3.63) is 56.7 Å². The number of anilines is 2. The van der Waals surface area contributed by atoms with E-state index in [1.54, 1.807) is 0 Å². The van der Waals surface area contributed by atoms with Crippen molar-refractivity contribution in [2.75, 3.05) is 30.3 Å². The van der Waals surface area contributed by atoms with Gasteiger partial charge in [-0.1, -0.05) is 57.5 Å². The number of unbranched alkanes of at least 4 members (excludes halogenated alkanes) is 1. The molecule has 2 aromatic rings. The Balaban J connectivity index is 2.36. The van der Waals surface area contributed by atoms with Gasteiger partial charge in [0, 0.05) is 19.6 Å². The number of amides is 1. The van der Waals surface area contributed by atoms with E-state index in [0.29, 0.717) is 26.1 Å². The van der Waals surface area contributed by atoms with Crippen molar-refractivity contribution in [2.45, 2.75) is 59.5 Å². The van der Waals surface area contributed by atoms with Crippen LogP contribution >= 0.6 is 0 Å². The van der Waals surface area contributed by atoms with Crippen molar-refractivity contribution in [1.29, 1.82) is 0 Å². The second-order valence-electron chi connectivity index (χ2n) is 7.74. The molecule has 1 aromatic carbocycles. The molecule has 3 N–H and O–H groups in total. The Morgan fingerprint density at radius 1 is 1.03 bits per heavy atom. The minimum atomic E-state index is -0.621. The number of carbonyl (C=O) groups is 1. The van der Waals surface area contributed by atoms with Crippen LogP contribution in [-0.4, -0.2) is 40.0 Å². The molecule has 0 fully saturated rings. The van der Waals surface area contributed by atoms with Crippen LogP contribution in [0.3, 0.4) is 0 Å². The van der Waals surface area contributed by atoms with E-state index in [2.05, 4.69) is 16.8 Å². The van der Waals surface area contributed by atoms with Crippen molar-refractivity contribution in [1.82, 2.24) is 14.5 Å². The molecule has 170 valence electrons. The summed E-state index contributed by atoms with van der Waals surface area (Å²) in [5.41, 5.74) is 6.26. The van der Waals surface area contributed by atoms with Gasteiger partial charge in [-0.15, -0.1) is 0 Å². The Morgan fingerprint density at radius 2 is 1.74 bits per heavy atom. The van der Waals surface area contributed by atoms with E-state index in [0.717, 1.165) is 31.4 Å². The Bertz CT molecular complexity index is 952. The lowest BCUT2D eigenvalue weighted by atomic mass is 10.2. The zero-order chi connectivity index (χ0) is 22.8. The Labute approximate surface area is 183 Å². The number of benzene rings is 1. The summed E-state index contributed by atoms with van der Waals surface area (Å²) in [7, 11) is 0. The van der Waals surface area contributed by atoms with Gasteiger partial charge in [0.1, 0.15) is 5.82 Å². The Hall–Kier alpha value is -2.87. The third-order valence-electron chi connectivity index (χ3n) is 5.12. The van der Waals surface area contributed by atoms with Gasteiger partial charge < -0.3 is 10.6 Å². The zero-order valence-corrected chi connectivity index (χ0v) is 18.9. The molecule has 0 bridgehead atoms. The minimum absolute atomic E-state index is 0.0464. The van der Waals surface area contributed by atoms with Crippen LogP contribution in [0.2, 0.25) is 0 Å². The molecule has 0 spiro atoms. The van der Waals surface area contributed by atoms with Gasteiger partial charge in [-0.2, -0.15) is 0 Å². The molecule has 1 heterocycles. The maximum Gasteiger partial charge on any atom is 0.330 e. The largest absolute Gasteiger partial charge is 0.383 e. The first-order chi connectivity index (χ1) is 14.9. The number of aromatic nitrogens is 2. The molecule has 0 saturated heterocycles. The van der Waals surface area contributed by atoms with Gasteiger partial charge in [0.15, 0.2) is 5.69 Å². The van der Waals surface area contributed by atoms with Crippen molar-refractivity contribution in [3.63, 3.8) is 0 Å². The van der Waals surface area contributed by atoms with Gasteiger partial charge in [-0.25, -0.2) is 4.79 Å². The highest BCUT2D eigenvalue weighted by Gasteiger charge is 2.25. The van der Waals surface area contributed by atoms with Crippen LogP contribution in [-0.2, 0) is 17.9 Å². The van der Waals surface area contributed by atoms with Gasteiger partial charge in [0.25, 0.3) is 5.56 Å². The standard InChI is InChI=1S/C23H35N5O3/c1-4-7-15-27(20-21(24)28(14-6-3)23(31)25-22(20)30)19(29)17-26(13-5-2)16-18-11-9-8-10-12-18/h8-12H,4-7,13-17,24H2,1-3H3,(H,25,30,31). The predicted octanol–water partition coefficient (Wildman–Crippen LogP) is 2.57. The van der Waals surface area contributed by atoms with E-state index >= 15 is 0 Å². The van der Waals surface area contributed by atoms with Crippen LogP contribution in [0.25, 0.3) is 0 Å². The second kappa shape index (κ2) is 12.1. The number of aromatic amines is 1. The van der Waals surface area contributed by atoms with Gasteiger partial charge in [-0.3, -0.25) is 24.0 Å². The van der Waals surface area contributed by atoms with E-state index in [1.165, 1.54) is 9.47 Å². The number of H-pyrrole nitrogens is 1. The van der Waals surface area contributed by atoms with E-state index in [4.69, 9.17) is 5.73 Å². The number of nitrogens with zero attached hydrogens (tertiary/aromatic N) is 3. The van der Waals surface area contributed by atoms with Crippen LogP contribution in [0.4, 0.5) is 11.5 Å². The van der Waals surface area contributed by atoms with Gasteiger partial charge in [0.05, 0.1) is 6.54 Å². The first kappa shape index (κ1) is 24.4. The summed E-state index contributed by atoms with van der Waals surface area (Å²) < 4.78 is 1.33. The first-order valence-corrected chi connectivity index (χ1v) is 11.1. The van der Waals surface area contributed by atoms with Crippen LogP contribution in [0.15, 0.2) is 39.9 Å². The lowest BCUT2D eigenvalue weighted by molar-refractivity contribution is -0.119. The quantitative estimate of drug-likeness (QED) is 0.540. The summed E-state index contributed by atoms with van der Waals surface area (Å²) in [6.07, 6.45) is 3.17. The molecule has 0 saturated carbocycles.